The van der Waals surface area contributed by atoms with Gasteiger partial charge < -0.3 is 9.84 Å². The number of benzene rings is 2. The first-order valence-corrected chi connectivity index (χ1v) is 5.98. The second kappa shape index (κ2) is 6.29. The van der Waals surface area contributed by atoms with Crippen LogP contribution in [0.5, 0.6) is 5.75 Å². The predicted molar refractivity (Wildman–Crippen MR) is 67.9 cm³/mol. The van der Waals surface area contributed by atoms with Gasteiger partial charge in [0.2, 0.25) is 0 Å². The Morgan fingerprint density at radius 3 is 2.47 bits per heavy atom. The summed E-state index contributed by atoms with van der Waals surface area (Å²) in [5, 5.41) is 9.82. The highest BCUT2D eigenvalue weighted by Crippen LogP contribution is 2.22. The fourth-order valence-electron chi connectivity index (χ4n) is 1.74. The van der Waals surface area contributed by atoms with Crippen LogP contribution in [0, 0.1) is 11.6 Å². The van der Waals surface area contributed by atoms with E-state index in [4.69, 9.17) is 4.74 Å². The minimum atomic E-state index is -1.08. The first kappa shape index (κ1) is 13.5. The molecule has 0 aromatic heterocycles. The van der Waals surface area contributed by atoms with Gasteiger partial charge in [0.05, 0.1) is 12.7 Å². The molecule has 2 rings (SSSR count). The molecule has 0 amide bonds. The van der Waals surface area contributed by atoms with Gasteiger partial charge in [-0.1, -0.05) is 30.3 Å². The third-order valence-electron chi connectivity index (χ3n) is 2.74. The molecule has 0 saturated heterocycles. The van der Waals surface area contributed by atoms with E-state index < -0.39 is 17.7 Å². The molecule has 0 heterocycles. The minimum Gasteiger partial charge on any atom is -0.493 e. The molecule has 0 radical (unpaired) electrons. The second-order valence-electron chi connectivity index (χ2n) is 4.11. The van der Waals surface area contributed by atoms with Gasteiger partial charge in [-0.2, -0.15) is 0 Å². The Kier molecular flexibility index (Phi) is 4.47. The zero-order valence-corrected chi connectivity index (χ0v) is 10.2. The lowest BCUT2D eigenvalue weighted by atomic mass is 10.1. The monoisotopic (exact) mass is 264 g/mol. The molecule has 2 aromatic carbocycles. The Morgan fingerprint density at radius 2 is 1.74 bits per heavy atom. The van der Waals surface area contributed by atoms with Crippen LogP contribution in [0.1, 0.15) is 18.1 Å². The quantitative estimate of drug-likeness (QED) is 0.896. The maximum atomic E-state index is 13.4. The SMILES string of the molecule is OC(CCOc1ccccc1)c1cccc(F)c1F. The van der Waals surface area contributed by atoms with Gasteiger partial charge in [-0.05, 0) is 18.2 Å². The van der Waals surface area contributed by atoms with E-state index in [1.165, 1.54) is 12.1 Å². The van der Waals surface area contributed by atoms with Gasteiger partial charge in [0.1, 0.15) is 5.75 Å². The topological polar surface area (TPSA) is 29.5 Å². The zero-order valence-electron chi connectivity index (χ0n) is 10.2. The molecule has 0 spiro atoms. The first-order chi connectivity index (χ1) is 9.18. The van der Waals surface area contributed by atoms with Gasteiger partial charge in [0, 0.05) is 12.0 Å². The summed E-state index contributed by atoms with van der Waals surface area (Å²) >= 11 is 0. The zero-order chi connectivity index (χ0) is 13.7. The Morgan fingerprint density at radius 1 is 1.00 bits per heavy atom. The lowest BCUT2D eigenvalue weighted by molar-refractivity contribution is 0.136. The largest absolute Gasteiger partial charge is 0.493 e. The third kappa shape index (κ3) is 3.51. The Balaban J connectivity index is 1.91. The third-order valence-corrected chi connectivity index (χ3v) is 2.74. The van der Waals surface area contributed by atoms with E-state index in [1.807, 2.05) is 18.2 Å². The van der Waals surface area contributed by atoms with E-state index in [0.717, 1.165) is 6.07 Å². The van der Waals surface area contributed by atoms with Crippen LogP contribution in [0.2, 0.25) is 0 Å². The Hall–Kier alpha value is -1.94. The molecule has 2 nitrogen and oxygen atoms in total. The van der Waals surface area contributed by atoms with Crippen LogP contribution in [0.15, 0.2) is 48.5 Å². The van der Waals surface area contributed by atoms with E-state index in [-0.39, 0.29) is 18.6 Å². The van der Waals surface area contributed by atoms with E-state index in [9.17, 15) is 13.9 Å². The fourth-order valence-corrected chi connectivity index (χ4v) is 1.74. The molecule has 0 aliphatic heterocycles. The van der Waals surface area contributed by atoms with Crippen molar-refractivity contribution in [2.45, 2.75) is 12.5 Å². The smallest absolute Gasteiger partial charge is 0.164 e. The molecular weight excluding hydrogens is 250 g/mol. The number of ether oxygens (including phenoxy) is 1. The highest BCUT2D eigenvalue weighted by Gasteiger charge is 2.15. The molecular formula is C15H14F2O2. The van der Waals surface area contributed by atoms with Crippen LogP contribution in [-0.4, -0.2) is 11.7 Å². The van der Waals surface area contributed by atoms with E-state index in [1.54, 1.807) is 12.1 Å². The normalized spacial score (nSPS) is 12.2. The van der Waals surface area contributed by atoms with Crippen LogP contribution in [0.3, 0.4) is 0 Å². The average molecular weight is 264 g/mol. The highest BCUT2D eigenvalue weighted by atomic mass is 19.2. The predicted octanol–water partition coefficient (Wildman–Crippen LogP) is 3.47. The van der Waals surface area contributed by atoms with Gasteiger partial charge in [0.15, 0.2) is 11.6 Å². The molecule has 1 atom stereocenters. The number of hydrogen-bond donors (Lipinski definition) is 1. The summed E-state index contributed by atoms with van der Waals surface area (Å²) in [6.07, 6.45) is -0.894. The molecule has 0 fully saturated rings. The standard InChI is InChI=1S/C15H14F2O2/c16-13-8-4-7-12(15(13)17)14(18)9-10-19-11-5-2-1-3-6-11/h1-8,14,18H,9-10H2. The maximum Gasteiger partial charge on any atom is 0.164 e. The number of para-hydroxylation sites is 1. The van der Waals surface area contributed by atoms with Crippen molar-refractivity contribution >= 4 is 0 Å². The maximum absolute atomic E-state index is 13.4. The number of halogens is 2. The van der Waals surface area contributed by atoms with Crippen molar-refractivity contribution in [3.63, 3.8) is 0 Å². The number of aliphatic hydroxyl groups is 1. The molecule has 0 aliphatic carbocycles. The van der Waals surface area contributed by atoms with Gasteiger partial charge in [-0.25, -0.2) is 8.78 Å². The van der Waals surface area contributed by atoms with E-state index in [0.29, 0.717) is 5.75 Å². The second-order valence-corrected chi connectivity index (χ2v) is 4.11. The minimum absolute atomic E-state index is 0.0448. The van der Waals surface area contributed by atoms with Gasteiger partial charge in [0.25, 0.3) is 0 Å². The number of aliphatic hydroxyl groups excluding tert-OH is 1. The lowest BCUT2D eigenvalue weighted by Crippen LogP contribution is -2.07. The molecule has 1 N–H and O–H groups in total. The summed E-state index contributed by atoms with van der Waals surface area (Å²) in [4.78, 5) is 0. The summed E-state index contributed by atoms with van der Waals surface area (Å²) < 4.78 is 31.8. The molecule has 2 aromatic rings. The van der Waals surface area contributed by atoms with Crippen molar-refractivity contribution in [2.24, 2.45) is 0 Å². The summed E-state index contributed by atoms with van der Waals surface area (Å²) in [5.74, 6) is -1.29. The van der Waals surface area contributed by atoms with Crippen LogP contribution in [0.25, 0.3) is 0 Å². The van der Waals surface area contributed by atoms with Crippen molar-refractivity contribution in [3.05, 3.63) is 65.7 Å². The van der Waals surface area contributed by atoms with Crippen LogP contribution in [0.4, 0.5) is 8.78 Å². The van der Waals surface area contributed by atoms with Gasteiger partial charge in [-0.15, -0.1) is 0 Å². The van der Waals surface area contributed by atoms with Crippen molar-refractivity contribution in [1.29, 1.82) is 0 Å². The fraction of sp³-hybridized carbons (Fsp3) is 0.200. The van der Waals surface area contributed by atoms with Gasteiger partial charge in [-0.3, -0.25) is 0 Å². The molecule has 100 valence electrons. The highest BCUT2D eigenvalue weighted by molar-refractivity contribution is 5.22. The van der Waals surface area contributed by atoms with Crippen LogP contribution < -0.4 is 4.74 Å². The number of hydrogen-bond acceptors (Lipinski definition) is 2. The van der Waals surface area contributed by atoms with Gasteiger partial charge >= 0.3 is 0 Å². The average Bonchev–Trinajstić information content (AvgIpc) is 2.43. The molecule has 0 saturated carbocycles. The van der Waals surface area contributed by atoms with Crippen LogP contribution in [-0.2, 0) is 0 Å². The summed E-state index contributed by atoms with van der Waals surface area (Å²) in [7, 11) is 0. The first-order valence-electron chi connectivity index (χ1n) is 5.98. The molecule has 19 heavy (non-hydrogen) atoms. The lowest BCUT2D eigenvalue weighted by Gasteiger charge is -2.13. The van der Waals surface area contributed by atoms with E-state index >= 15 is 0 Å². The van der Waals surface area contributed by atoms with Crippen molar-refractivity contribution < 1.29 is 18.6 Å². The summed E-state index contributed by atoms with van der Waals surface area (Å²) in [5.41, 5.74) is -0.0448. The van der Waals surface area contributed by atoms with E-state index in [2.05, 4.69) is 0 Å². The van der Waals surface area contributed by atoms with Crippen molar-refractivity contribution in [2.75, 3.05) is 6.61 Å². The Labute approximate surface area is 110 Å². The molecule has 1 unspecified atom stereocenters. The molecule has 0 bridgehead atoms. The molecule has 4 heteroatoms. The van der Waals surface area contributed by atoms with Crippen LogP contribution >= 0.6 is 0 Å². The number of rotatable bonds is 5. The Bertz CT molecular complexity index is 529. The van der Waals surface area contributed by atoms with Crippen molar-refractivity contribution in [3.8, 4) is 5.75 Å². The van der Waals surface area contributed by atoms with Crippen molar-refractivity contribution in [1.82, 2.24) is 0 Å². The molecule has 0 aliphatic rings. The summed E-state index contributed by atoms with van der Waals surface area (Å²) in [6, 6.07) is 12.9. The summed E-state index contributed by atoms with van der Waals surface area (Å²) in [6.45, 7) is 0.223.